The van der Waals surface area contributed by atoms with Crippen LogP contribution in [0.5, 0.6) is 11.5 Å². The summed E-state index contributed by atoms with van der Waals surface area (Å²) < 4.78 is 10.3. The van der Waals surface area contributed by atoms with Crippen LogP contribution >= 0.6 is 0 Å². The number of phenols is 2. The van der Waals surface area contributed by atoms with Crippen LogP contribution in [-0.2, 0) is 22.5 Å². The van der Waals surface area contributed by atoms with Crippen LogP contribution in [-0.4, -0.2) is 22.6 Å². The van der Waals surface area contributed by atoms with Gasteiger partial charge in [-0.05, 0) is 25.0 Å². The Morgan fingerprint density at radius 2 is 1.23 bits per heavy atom. The minimum Gasteiger partial charge on any atom is -0.507 e. The minimum atomic E-state index is -1.44. The zero-order valence-corrected chi connectivity index (χ0v) is 12.6. The number of rotatable bonds is 6. The quantitative estimate of drug-likeness (QED) is 0.714. The first kappa shape index (κ1) is 16.4. The predicted molar refractivity (Wildman–Crippen MR) is 83.2 cm³/mol. The number of hydrogen-bond acceptors (Lipinski definition) is 5. The molecule has 3 N–H and O–H groups in total. The van der Waals surface area contributed by atoms with Crippen LogP contribution in [0, 0.1) is 13.8 Å². The van der Waals surface area contributed by atoms with Gasteiger partial charge in [-0.2, -0.15) is 0 Å². The lowest BCUT2D eigenvalue weighted by Gasteiger charge is -2.12. The van der Waals surface area contributed by atoms with Gasteiger partial charge >= 0.3 is 7.32 Å². The molecule has 6 heteroatoms. The van der Waals surface area contributed by atoms with E-state index in [1.165, 1.54) is 0 Å². The van der Waals surface area contributed by atoms with Crippen molar-refractivity contribution in [2.75, 3.05) is 0 Å². The first-order valence-corrected chi connectivity index (χ1v) is 6.95. The van der Waals surface area contributed by atoms with Gasteiger partial charge in [-0.3, -0.25) is 0 Å². The monoisotopic (exact) mass is 302 g/mol. The van der Waals surface area contributed by atoms with Gasteiger partial charge in [-0.25, -0.2) is 0 Å². The number of aromatic hydroxyl groups is 2. The van der Waals surface area contributed by atoms with Gasteiger partial charge in [0.1, 0.15) is 11.5 Å². The Hall–Kier alpha value is -2.02. The van der Waals surface area contributed by atoms with Crippen LogP contribution in [0.4, 0.5) is 0 Å². The van der Waals surface area contributed by atoms with Crippen LogP contribution in [0.25, 0.3) is 0 Å². The average Bonchev–Trinajstić information content (AvgIpc) is 2.50. The maximum atomic E-state index is 9.85. The summed E-state index contributed by atoms with van der Waals surface area (Å²) >= 11 is 0. The van der Waals surface area contributed by atoms with Gasteiger partial charge in [-0.15, -0.1) is 0 Å². The van der Waals surface area contributed by atoms with E-state index < -0.39 is 7.32 Å². The van der Waals surface area contributed by atoms with Crippen molar-refractivity contribution in [1.82, 2.24) is 0 Å². The maximum Gasteiger partial charge on any atom is 0.637 e. The molecule has 0 aliphatic heterocycles. The molecule has 0 saturated heterocycles. The lowest BCUT2D eigenvalue weighted by atomic mass is 10.1. The first-order valence-electron chi connectivity index (χ1n) is 6.95. The van der Waals surface area contributed by atoms with Gasteiger partial charge in [0.05, 0.1) is 13.2 Å². The van der Waals surface area contributed by atoms with Gasteiger partial charge in [-0.1, -0.05) is 36.4 Å². The summed E-state index contributed by atoms with van der Waals surface area (Å²) in [6, 6.07) is 10.6. The van der Waals surface area contributed by atoms with Crippen LogP contribution in [0.15, 0.2) is 36.4 Å². The van der Waals surface area contributed by atoms with E-state index >= 15 is 0 Å². The summed E-state index contributed by atoms with van der Waals surface area (Å²) in [7, 11) is -1.44. The highest BCUT2D eigenvalue weighted by Gasteiger charge is 2.18. The summed E-state index contributed by atoms with van der Waals surface area (Å²) in [5.74, 6) is 0.289. The lowest BCUT2D eigenvalue weighted by molar-refractivity contribution is 0.118. The van der Waals surface area contributed by atoms with E-state index in [4.69, 9.17) is 9.31 Å². The molecule has 2 aromatic carbocycles. The minimum absolute atomic E-state index is 0.0223. The Balaban J connectivity index is 1.87. The van der Waals surface area contributed by atoms with Gasteiger partial charge in [0.15, 0.2) is 0 Å². The van der Waals surface area contributed by atoms with Crippen molar-refractivity contribution >= 4 is 7.32 Å². The fourth-order valence-electron chi connectivity index (χ4n) is 2.04. The number of phenolic OH excluding ortho intramolecular Hbond substituents is 2. The van der Waals surface area contributed by atoms with E-state index in [0.29, 0.717) is 11.1 Å². The predicted octanol–water partition coefficient (Wildman–Crippen LogP) is 2.43. The van der Waals surface area contributed by atoms with E-state index in [-0.39, 0.29) is 24.7 Å². The molecule has 0 amide bonds. The number of para-hydroxylation sites is 2. The molecule has 0 aliphatic carbocycles. The third-order valence-electron chi connectivity index (χ3n) is 3.41. The molecule has 0 heterocycles. The molecular formula is C16H19BO5. The molecule has 0 bridgehead atoms. The summed E-state index contributed by atoms with van der Waals surface area (Å²) in [5, 5.41) is 29.4. The second kappa shape index (κ2) is 7.31. The smallest absolute Gasteiger partial charge is 0.507 e. The van der Waals surface area contributed by atoms with E-state index in [0.717, 1.165) is 11.1 Å². The molecule has 116 valence electrons. The van der Waals surface area contributed by atoms with Crippen molar-refractivity contribution in [1.29, 1.82) is 0 Å². The second-order valence-electron chi connectivity index (χ2n) is 5.09. The molecule has 2 rings (SSSR count). The van der Waals surface area contributed by atoms with Crippen LogP contribution in [0.2, 0.25) is 0 Å². The van der Waals surface area contributed by atoms with Gasteiger partial charge in [0.2, 0.25) is 0 Å². The van der Waals surface area contributed by atoms with Crippen molar-refractivity contribution in [3.63, 3.8) is 0 Å². The number of aryl methyl sites for hydroxylation is 2. The fraction of sp³-hybridized carbons (Fsp3) is 0.250. The van der Waals surface area contributed by atoms with E-state index in [9.17, 15) is 15.2 Å². The summed E-state index contributed by atoms with van der Waals surface area (Å²) in [4.78, 5) is 0. The Morgan fingerprint density at radius 1 is 0.818 bits per heavy atom. The van der Waals surface area contributed by atoms with E-state index in [2.05, 4.69) is 0 Å². The molecule has 0 aromatic heterocycles. The molecule has 5 nitrogen and oxygen atoms in total. The topological polar surface area (TPSA) is 79.2 Å². The van der Waals surface area contributed by atoms with Gasteiger partial charge < -0.3 is 24.5 Å². The van der Waals surface area contributed by atoms with Crippen molar-refractivity contribution in [2.24, 2.45) is 0 Å². The van der Waals surface area contributed by atoms with Gasteiger partial charge in [0.25, 0.3) is 0 Å². The SMILES string of the molecule is Cc1cccc(COB(O)OCc2cccc(C)c2O)c1O. The Morgan fingerprint density at radius 3 is 1.64 bits per heavy atom. The number of hydrogen-bond donors (Lipinski definition) is 3. The third kappa shape index (κ3) is 4.01. The summed E-state index contributed by atoms with van der Waals surface area (Å²) in [5.41, 5.74) is 2.62. The van der Waals surface area contributed by atoms with Crippen molar-refractivity contribution < 1.29 is 24.5 Å². The molecule has 0 unspecified atom stereocenters. The highest BCUT2D eigenvalue weighted by Crippen LogP contribution is 2.23. The van der Waals surface area contributed by atoms with Crippen molar-refractivity contribution in [3.8, 4) is 11.5 Å². The fourth-order valence-corrected chi connectivity index (χ4v) is 2.04. The Kier molecular flexibility index (Phi) is 5.43. The van der Waals surface area contributed by atoms with Crippen LogP contribution in [0.1, 0.15) is 22.3 Å². The molecule has 0 fully saturated rings. The second-order valence-corrected chi connectivity index (χ2v) is 5.09. The average molecular weight is 302 g/mol. The Bertz CT molecular complexity index is 589. The van der Waals surface area contributed by atoms with Crippen LogP contribution in [0.3, 0.4) is 0 Å². The molecule has 2 aromatic rings. The zero-order valence-electron chi connectivity index (χ0n) is 12.6. The third-order valence-corrected chi connectivity index (χ3v) is 3.41. The van der Waals surface area contributed by atoms with Crippen molar-refractivity contribution in [3.05, 3.63) is 58.7 Å². The molecule has 0 saturated carbocycles. The summed E-state index contributed by atoms with van der Waals surface area (Å²) in [6.07, 6.45) is 0. The molecule has 0 spiro atoms. The maximum absolute atomic E-state index is 9.85. The normalized spacial score (nSPS) is 10.7. The van der Waals surface area contributed by atoms with Gasteiger partial charge in [0, 0.05) is 11.1 Å². The molecular weight excluding hydrogens is 283 g/mol. The van der Waals surface area contributed by atoms with Crippen LogP contribution < -0.4 is 0 Å². The lowest BCUT2D eigenvalue weighted by Crippen LogP contribution is -2.22. The van der Waals surface area contributed by atoms with Crippen molar-refractivity contribution in [2.45, 2.75) is 27.1 Å². The highest BCUT2D eigenvalue weighted by atomic mass is 16.7. The van der Waals surface area contributed by atoms with E-state index in [1.54, 1.807) is 50.2 Å². The molecule has 0 atom stereocenters. The number of benzene rings is 2. The largest absolute Gasteiger partial charge is 0.637 e. The zero-order chi connectivity index (χ0) is 16.1. The first-order chi connectivity index (χ1) is 10.5. The summed E-state index contributed by atoms with van der Waals surface area (Å²) in [6.45, 7) is 3.61. The Labute approximate surface area is 129 Å². The molecule has 0 radical (unpaired) electrons. The highest BCUT2D eigenvalue weighted by molar-refractivity contribution is 6.34. The molecule has 22 heavy (non-hydrogen) atoms. The van der Waals surface area contributed by atoms with E-state index in [1.807, 2.05) is 0 Å². The standard InChI is InChI=1S/C16H19BO5/c1-11-5-3-7-13(15(11)18)9-21-17(20)22-10-14-8-4-6-12(2)16(14)19/h3-8,18-20H,9-10H2,1-2H3. The molecule has 0 aliphatic rings.